The molecule has 0 bridgehead atoms. The lowest BCUT2D eigenvalue weighted by molar-refractivity contribution is -0.384. The molecule has 3 aromatic rings. The Morgan fingerprint density at radius 1 is 1.21 bits per heavy atom. The summed E-state index contributed by atoms with van der Waals surface area (Å²) in [6, 6.07) is 12.0. The quantitative estimate of drug-likeness (QED) is 0.366. The molecule has 28 heavy (non-hydrogen) atoms. The third-order valence-electron chi connectivity index (χ3n) is 3.85. The molecule has 1 amide bonds. The van der Waals surface area contributed by atoms with Gasteiger partial charge in [0.05, 0.1) is 10.7 Å². The van der Waals surface area contributed by atoms with Crippen LogP contribution in [0.4, 0.5) is 11.4 Å². The van der Waals surface area contributed by atoms with Gasteiger partial charge in [-0.1, -0.05) is 41.1 Å². The van der Waals surface area contributed by atoms with Crippen LogP contribution in [0.3, 0.4) is 0 Å². The molecule has 0 fully saturated rings. The van der Waals surface area contributed by atoms with Crippen LogP contribution in [0.25, 0.3) is 5.69 Å². The maximum atomic E-state index is 12.3. The van der Waals surface area contributed by atoms with Gasteiger partial charge in [0, 0.05) is 17.4 Å². The van der Waals surface area contributed by atoms with Crippen LogP contribution in [0.5, 0.6) is 0 Å². The maximum Gasteiger partial charge on any atom is 0.289 e. The highest BCUT2D eigenvalue weighted by molar-refractivity contribution is 7.99. The number of nitro groups is 1. The van der Waals surface area contributed by atoms with Crippen molar-refractivity contribution in [1.29, 1.82) is 0 Å². The number of aryl methyl sites for hydroxylation is 2. The van der Waals surface area contributed by atoms with E-state index in [-0.39, 0.29) is 22.4 Å². The molecule has 2 aromatic carbocycles. The first kappa shape index (κ1) is 19.8. The van der Waals surface area contributed by atoms with E-state index in [4.69, 9.17) is 11.6 Å². The van der Waals surface area contributed by atoms with Crippen molar-refractivity contribution in [3.8, 4) is 5.69 Å². The number of hydrogen-bond acceptors (Lipinski definition) is 6. The number of nitro benzene ring substituents is 1. The smallest absolute Gasteiger partial charge is 0.289 e. The molecule has 0 aliphatic heterocycles. The van der Waals surface area contributed by atoms with Gasteiger partial charge < -0.3 is 5.32 Å². The fourth-order valence-corrected chi connectivity index (χ4v) is 3.47. The second-order valence-electron chi connectivity index (χ2n) is 5.96. The number of halogens is 1. The van der Waals surface area contributed by atoms with Crippen molar-refractivity contribution in [1.82, 2.24) is 14.8 Å². The van der Waals surface area contributed by atoms with Gasteiger partial charge >= 0.3 is 0 Å². The summed E-state index contributed by atoms with van der Waals surface area (Å²) in [7, 11) is 0. The van der Waals surface area contributed by atoms with Gasteiger partial charge in [0.25, 0.3) is 5.69 Å². The first-order valence-electron chi connectivity index (χ1n) is 8.21. The van der Waals surface area contributed by atoms with Gasteiger partial charge in [0.15, 0.2) is 5.16 Å². The lowest BCUT2D eigenvalue weighted by Gasteiger charge is -2.09. The second-order valence-corrected chi connectivity index (χ2v) is 7.31. The molecule has 8 nitrogen and oxygen atoms in total. The molecule has 1 aromatic heterocycles. The third kappa shape index (κ3) is 4.49. The summed E-state index contributed by atoms with van der Waals surface area (Å²) in [6.45, 7) is 3.84. The van der Waals surface area contributed by atoms with Crippen molar-refractivity contribution >= 4 is 40.6 Å². The van der Waals surface area contributed by atoms with E-state index in [2.05, 4.69) is 15.5 Å². The molecule has 1 heterocycles. The van der Waals surface area contributed by atoms with Gasteiger partial charge in [0.2, 0.25) is 5.91 Å². The number of hydrogen-bond donors (Lipinski definition) is 1. The summed E-state index contributed by atoms with van der Waals surface area (Å²) in [5.41, 5.74) is 2.09. The topological polar surface area (TPSA) is 103 Å². The normalized spacial score (nSPS) is 10.7. The fraction of sp³-hybridized carbons (Fsp3) is 0.167. The molecule has 0 atom stereocenters. The van der Waals surface area contributed by atoms with E-state index in [9.17, 15) is 14.9 Å². The van der Waals surface area contributed by atoms with E-state index in [0.717, 1.165) is 11.3 Å². The standard InChI is InChI=1S/C18H16ClN5O3S/c1-11-3-6-14(7-4-11)23-12(2)21-22-18(23)28-10-17(25)20-13-5-8-15(19)16(9-13)24(26)27/h3-9H,10H2,1-2H3,(H,20,25). The molecule has 3 rings (SSSR count). The fourth-order valence-electron chi connectivity index (χ4n) is 2.49. The van der Waals surface area contributed by atoms with Crippen LogP contribution in [-0.2, 0) is 4.79 Å². The minimum atomic E-state index is -0.598. The Morgan fingerprint density at radius 3 is 2.61 bits per heavy atom. The summed E-state index contributed by atoms with van der Waals surface area (Å²) < 4.78 is 1.87. The van der Waals surface area contributed by atoms with Gasteiger partial charge in [-0.25, -0.2) is 0 Å². The third-order valence-corrected chi connectivity index (χ3v) is 5.09. The Bertz CT molecular complexity index is 1040. The predicted octanol–water partition coefficient (Wildman–Crippen LogP) is 4.18. The summed E-state index contributed by atoms with van der Waals surface area (Å²) in [4.78, 5) is 22.6. The lowest BCUT2D eigenvalue weighted by atomic mass is 10.2. The highest BCUT2D eigenvalue weighted by atomic mass is 35.5. The molecule has 0 aliphatic carbocycles. The van der Waals surface area contributed by atoms with Crippen LogP contribution in [0, 0.1) is 24.0 Å². The first-order chi connectivity index (χ1) is 13.3. The zero-order valence-electron chi connectivity index (χ0n) is 15.0. The summed E-state index contributed by atoms with van der Waals surface area (Å²) in [5, 5.41) is 22.4. The van der Waals surface area contributed by atoms with Crippen molar-refractivity contribution in [3.63, 3.8) is 0 Å². The number of carbonyl (C=O) groups is 1. The highest BCUT2D eigenvalue weighted by Crippen LogP contribution is 2.28. The van der Waals surface area contributed by atoms with E-state index in [1.807, 2.05) is 42.7 Å². The summed E-state index contributed by atoms with van der Waals surface area (Å²) >= 11 is 7.01. The van der Waals surface area contributed by atoms with Crippen molar-refractivity contribution in [3.05, 3.63) is 69.0 Å². The molecular formula is C18H16ClN5O3S. The van der Waals surface area contributed by atoms with Gasteiger partial charge in [-0.3, -0.25) is 19.5 Å². The number of nitrogens with zero attached hydrogens (tertiary/aromatic N) is 4. The monoisotopic (exact) mass is 417 g/mol. The summed E-state index contributed by atoms with van der Waals surface area (Å²) in [6.07, 6.45) is 0. The number of anilines is 1. The van der Waals surface area contributed by atoms with Crippen LogP contribution in [0.1, 0.15) is 11.4 Å². The lowest BCUT2D eigenvalue weighted by Crippen LogP contribution is -2.14. The Hall–Kier alpha value is -2.91. The van der Waals surface area contributed by atoms with Crippen LogP contribution in [-0.4, -0.2) is 31.3 Å². The van der Waals surface area contributed by atoms with Crippen LogP contribution >= 0.6 is 23.4 Å². The number of carbonyl (C=O) groups excluding carboxylic acids is 1. The molecule has 0 saturated heterocycles. The van der Waals surface area contributed by atoms with Crippen LogP contribution < -0.4 is 5.32 Å². The molecule has 1 N–H and O–H groups in total. The average molecular weight is 418 g/mol. The minimum Gasteiger partial charge on any atom is -0.325 e. The van der Waals surface area contributed by atoms with Gasteiger partial charge in [-0.15, -0.1) is 10.2 Å². The first-order valence-corrected chi connectivity index (χ1v) is 9.57. The van der Waals surface area contributed by atoms with Crippen LogP contribution in [0.2, 0.25) is 5.02 Å². The average Bonchev–Trinajstić information content (AvgIpc) is 3.02. The number of aromatic nitrogens is 3. The van der Waals surface area contributed by atoms with Crippen molar-refractivity contribution in [2.24, 2.45) is 0 Å². The van der Waals surface area contributed by atoms with Gasteiger partial charge in [-0.2, -0.15) is 0 Å². The number of rotatable bonds is 6. The Morgan fingerprint density at radius 2 is 1.93 bits per heavy atom. The largest absolute Gasteiger partial charge is 0.325 e. The van der Waals surface area contributed by atoms with Gasteiger partial charge in [-0.05, 0) is 38.1 Å². The Kier molecular flexibility index (Phi) is 5.96. The Balaban J connectivity index is 1.70. The zero-order chi connectivity index (χ0) is 20.3. The van der Waals surface area contributed by atoms with E-state index in [0.29, 0.717) is 16.7 Å². The van der Waals surface area contributed by atoms with Crippen molar-refractivity contribution < 1.29 is 9.72 Å². The summed E-state index contributed by atoms with van der Waals surface area (Å²) in [5.74, 6) is 0.457. The van der Waals surface area contributed by atoms with E-state index >= 15 is 0 Å². The molecule has 0 radical (unpaired) electrons. The molecule has 144 valence electrons. The molecule has 0 aliphatic rings. The molecule has 0 saturated carbocycles. The highest BCUT2D eigenvalue weighted by Gasteiger charge is 2.16. The van der Waals surface area contributed by atoms with Crippen molar-refractivity contribution in [2.75, 3.05) is 11.1 Å². The molecule has 0 spiro atoms. The molecule has 0 unspecified atom stereocenters. The van der Waals surface area contributed by atoms with E-state index in [1.54, 1.807) is 0 Å². The number of benzene rings is 2. The number of thioether (sulfide) groups is 1. The number of amides is 1. The Labute approximate surface area is 170 Å². The number of nitrogens with one attached hydrogen (secondary N) is 1. The molecule has 10 heteroatoms. The molecular weight excluding hydrogens is 402 g/mol. The maximum absolute atomic E-state index is 12.3. The second kappa shape index (κ2) is 8.41. The van der Waals surface area contributed by atoms with Gasteiger partial charge in [0.1, 0.15) is 10.8 Å². The van der Waals surface area contributed by atoms with E-state index < -0.39 is 4.92 Å². The zero-order valence-corrected chi connectivity index (χ0v) is 16.6. The van der Waals surface area contributed by atoms with Crippen LogP contribution in [0.15, 0.2) is 47.6 Å². The SMILES string of the molecule is Cc1ccc(-n2c(C)nnc2SCC(=O)Nc2ccc(Cl)c([N+](=O)[O-])c2)cc1. The predicted molar refractivity (Wildman–Crippen MR) is 108 cm³/mol. The van der Waals surface area contributed by atoms with E-state index in [1.165, 1.54) is 30.0 Å². The minimum absolute atomic E-state index is 0.0130. The van der Waals surface area contributed by atoms with Crippen molar-refractivity contribution in [2.45, 2.75) is 19.0 Å².